The Labute approximate surface area is 173 Å². The molecule has 1 aliphatic rings. The smallest absolute Gasteiger partial charge is 0.257 e. The largest absolute Gasteiger partial charge is 0.438 e. The van der Waals surface area contributed by atoms with Gasteiger partial charge in [-0.15, -0.1) is 0 Å². The number of amides is 1. The molecule has 6 nitrogen and oxygen atoms in total. The van der Waals surface area contributed by atoms with Gasteiger partial charge >= 0.3 is 0 Å². The number of benzene rings is 2. The number of carbonyl (C=O) groups excluding carboxylic acids is 1. The molecule has 0 spiro atoms. The first-order chi connectivity index (χ1) is 14.5. The van der Waals surface area contributed by atoms with E-state index in [1.807, 2.05) is 31.2 Å². The fourth-order valence-corrected chi connectivity index (χ4v) is 3.14. The Bertz CT molecular complexity index is 1020. The van der Waals surface area contributed by atoms with Gasteiger partial charge in [-0.25, -0.2) is 9.37 Å². The maximum Gasteiger partial charge on any atom is 0.257 e. The number of pyridine rings is 1. The van der Waals surface area contributed by atoms with Crippen molar-refractivity contribution in [1.82, 2.24) is 10.3 Å². The first kappa shape index (κ1) is 20.0. The Morgan fingerprint density at radius 1 is 1.10 bits per heavy atom. The van der Waals surface area contributed by atoms with Crippen LogP contribution in [0.4, 0.5) is 4.39 Å². The normalized spacial score (nSPS) is 15.0. The van der Waals surface area contributed by atoms with Crippen molar-refractivity contribution in [2.24, 2.45) is 0 Å². The molecule has 0 aliphatic carbocycles. The van der Waals surface area contributed by atoms with Crippen molar-refractivity contribution < 1.29 is 23.4 Å². The minimum absolute atomic E-state index is 0.153. The zero-order valence-electron chi connectivity index (χ0n) is 16.4. The van der Waals surface area contributed by atoms with Crippen LogP contribution in [0.15, 0.2) is 66.9 Å². The highest BCUT2D eigenvalue weighted by atomic mass is 19.1. The van der Waals surface area contributed by atoms with E-state index < -0.39 is 5.79 Å². The molecular weight excluding hydrogens is 387 g/mol. The van der Waals surface area contributed by atoms with E-state index in [1.54, 1.807) is 12.1 Å². The van der Waals surface area contributed by atoms with Crippen LogP contribution < -0.4 is 10.1 Å². The molecule has 7 heteroatoms. The predicted octanol–water partition coefficient (Wildman–Crippen LogP) is 4.16. The van der Waals surface area contributed by atoms with Crippen molar-refractivity contribution in [3.8, 4) is 11.6 Å². The molecule has 2 heterocycles. The molecule has 0 unspecified atom stereocenters. The van der Waals surface area contributed by atoms with Crippen molar-refractivity contribution in [3.05, 3.63) is 89.4 Å². The van der Waals surface area contributed by atoms with Gasteiger partial charge in [-0.1, -0.05) is 24.3 Å². The van der Waals surface area contributed by atoms with Gasteiger partial charge in [0.1, 0.15) is 17.1 Å². The topological polar surface area (TPSA) is 69.7 Å². The number of nitrogens with one attached hydrogen (secondary N) is 1. The van der Waals surface area contributed by atoms with E-state index in [0.29, 0.717) is 31.1 Å². The summed E-state index contributed by atoms with van der Waals surface area (Å²) < 4.78 is 30.0. The summed E-state index contributed by atoms with van der Waals surface area (Å²) in [6.07, 6.45) is 1.53. The molecule has 3 aromatic rings. The lowest BCUT2D eigenvalue weighted by Gasteiger charge is -2.22. The van der Waals surface area contributed by atoms with E-state index in [4.69, 9.17) is 14.2 Å². The maximum atomic E-state index is 13.1. The van der Waals surface area contributed by atoms with E-state index >= 15 is 0 Å². The molecule has 0 bridgehead atoms. The molecular formula is C23H21FN2O4. The van der Waals surface area contributed by atoms with Gasteiger partial charge in [0.15, 0.2) is 5.79 Å². The van der Waals surface area contributed by atoms with Crippen LogP contribution >= 0.6 is 0 Å². The van der Waals surface area contributed by atoms with Crippen molar-refractivity contribution in [2.75, 3.05) is 13.2 Å². The highest BCUT2D eigenvalue weighted by Gasteiger charge is 2.32. The van der Waals surface area contributed by atoms with Crippen LogP contribution in [0.1, 0.15) is 28.4 Å². The van der Waals surface area contributed by atoms with Crippen molar-refractivity contribution in [2.45, 2.75) is 19.3 Å². The highest BCUT2D eigenvalue weighted by molar-refractivity contribution is 5.96. The molecule has 1 saturated heterocycles. The number of hydrogen-bond acceptors (Lipinski definition) is 5. The van der Waals surface area contributed by atoms with E-state index in [-0.39, 0.29) is 17.6 Å². The average Bonchev–Trinajstić information content (AvgIpc) is 3.22. The quantitative estimate of drug-likeness (QED) is 0.663. The Kier molecular flexibility index (Phi) is 5.74. The third-order valence-corrected chi connectivity index (χ3v) is 4.81. The van der Waals surface area contributed by atoms with Gasteiger partial charge in [-0.2, -0.15) is 0 Å². The highest BCUT2D eigenvalue weighted by Crippen LogP contribution is 2.30. The number of rotatable bonds is 6. The zero-order chi connectivity index (χ0) is 21.0. The van der Waals surface area contributed by atoms with Crippen LogP contribution in [0.3, 0.4) is 0 Å². The standard InChI is InChI=1S/C23H21FN2O4/c1-23(28-13-14-29-23)17-6-4-16(5-7-17)15-26-21(27)20-3-2-12-25-22(20)30-19-10-8-18(24)9-11-19/h2-12H,13-15H2,1H3,(H,26,27). The molecule has 1 fully saturated rings. The molecule has 0 saturated carbocycles. The van der Waals surface area contributed by atoms with Crippen molar-refractivity contribution in [1.29, 1.82) is 0 Å². The minimum atomic E-state index is -0.718. The molecule has 4 rings (SSSR count). The Morgan fingerprint density at radius 2 is 1.80 bits per heavy atom. The lowest BCUT2D eigenvalue weighted by molar-refractivity contribution is -0.149. The fraction of sp³-hybridized carbons (Fsp3) is 0.217. The lowest BCUT2D eigenvalue weighted by Crippen LogP contribution is -2.24. The summed E-state index contributed by atoms with van der Waals surface area (Å²) in [7, 11) is 0. The number of nitrogens with zero attached hydrogens (tertiary/aromatic N) is 1. The summed E-state index contributed by atoms with van der Waals surface area (Å²) in [5, 5.41) is 2.87. The number of ether oxygens (including phenoxy) is 3. The van der Waals surface area contributed by atoms with Gasteiger partial charge in [0.25, 0.3) is 5.91 Å². The van der Waals surface area contributed by atoms with Gasteiger partial charge < -0.3 is 19.5 Å². The second-order valence-corrected chi connectivity index (χ2v) is 6.93. The molecule has 154 valence electrons. The van der Waals surface area contributed by atoms with Crippen molar-refractivity contribution in [3.63, 3.8) is 0 Å². The van der Waals surface area contributed by atoms with Gasteiger partial charge in [0, 0.05) is 18.3 Å². The fourth-order valence-electron chi connectivity index (χ4n) is 3.14. The SMILES string of the molecule is CC1(c2ccc(CNC(=O)c3cccnc3Oc3ccc(F)cc3)cc2)OCCO1. The van der Waals surface area contributed by atoms with E-state index in [2.05, 4.69) is 10.3 Å². The predicted molar refractivity (Wildman–Crippen MR) is 108 cm³/mol. The molecule has 1 N–H and O–H groups in total. The Balaban J connectivity index is 1.41. The van der Waals surface area contributed by atoms with Gasteiger partial charge in [-0.3, -0.25) is 4.79 Å². The molecule has 0 atom stereocenters. The second kappa shape index (κ2) is 8.61. The monoisotopic (exact) mass is 408 g/mol. The third kappa shape index (κ3) is 4.48. The average molecular weight is 408 g/mol. The number of carbonyl (C=O) groups is 1. The molecule has 1 aromatic heterocycles. The van der Waals surface area contributed by atoms with Crippen molar-refractivity contribution >= 4 is 5.91 Å². The lowest BCUT2D eigenvalue weighted by atomic mass is 10.1. The molecule has 1 aliphatic heterocycles. The van der Waals surface area contributed by atoms with Crippen LogP contribution in [0.2, 0.25) is 0 Å². The summed E-state index contributed by atoms with van der Waals surface area (Å²) in [5.41, 5.74) is 2.15. The first-order valence-corrected chi connectivity index (χ1v) is 9.57. The van der Waals surface area contributed by atoms with E-state index in [9.17, 15) is 9.18 Å². The minimum Gasteiger partial charge on any atom is -0.438 e. The molecule has 0 radical (unpaired) electrons. The first-order valence-electron chi connectivity index (χ1n) is 9.57. The third-order valence-electron chi connectivity index (χ3n) is 4.81. The van der Waals surface area contributed by atoms with Crippen LogP contribution in [-0.2, 0) is 21.8 Å². The summed E-state index contributed by atoms with van der Waals surface area (Å²) in [6, 6.07) is 16.5. The second-order valence-electron chi connectivity index (χ2n) is 6.93. The van der Waals surface area contributed by atoms with Gasteiger partial charge in [0.2, 0.25) is 5.88 Å². The molecule has 1 amide bonds. The number of hydrogen-bond donors (Lipinski definition) is 1. The number of halogens is 1. The summed E-state index contributed by atoms with van der Waals surface area (Å²) in [5.74, 6) is -0.861. The van der Waals surface area contributed by atoms with Gasteiger partial charge in [-0.05, 0) is 48.9 Å². The van der Waals surface area contributed by atoms with E-state index in [0.717, 1.165) is 11.1 Å². The van der Waals surface area contributed by atoms with E-state index in [1.165, 1.54) is 30.5 Å². The van der Waals surface area contributed by atoms with Crippen LogP contribution in [0.5, 0.6) is 11.6 Å². The maximum absolute atomic E-state index is 13.1. The molecule has 30 heavy (non-hydrogen) atoms. The summed E-state index contributed by atoms with van der Waals surface area (Å²) >= 11 is 0. The Morgan fingerprint density at radius 3 is 2.50 bits per heavy atom. The molecule has 2 aromatic carbocycles. The summed E-state index contributed by atoms with van der Waals surface area (Å²) in [4.78, 5) is 16.8. The van der Waals surface area contributed by atoms with Crippen LogP contribution in [0.25, 0.3) is 0 Å². The number of aromatic nitrogens is 1. The van der Waals surface area contributed by atoms with Crippen LogP contribution in [-0.4, -0.2) is 24.1 Å². The van der Waals surface area contributed by atoms with Gasteiger partial charge in [0.05, 0.1) is 13.2 Å². The van der Waals surface area contributed by atoms with Crippen LogP contribution in [0, 0.1) is 5.82 Å². The Hall–Kier alpha value is -3.29. The summed E-state index contributed by atoms with van der Waals surface area (Å²) in [6.45, 7) is 3.37. The zero-order valence-corrected chi connectivity index (χ0v) is 16.4.